The zero-order valence-corrected chi connectivity index (χ0v) is 10.9. The van der Waals surface area contributed by atoms with E-state index in [1.54, 1.807) is 6.92 Å². The molecule has 1 aromatic heterocycles. The Hall–Kier alpha value is -1.36. The lowest BCUT2D eigenvalue weighted by Crippen LogP contribution is -2.39. The minimum absolute atomic E-state index is 0.0116. The van der Waals surface area contributed by atoms with Crippen LogP contribution in [0.25, 0.3) is 0 Å². The van der Waals surface area contributed by atoms with Crippen LogP contribution in [0.2, 0.25) is 0 Å². The Morgan fingerprint density at radius 2 is 2.11 bits per heavy atom. The van der Waals surface area contributed by atoms with Crippen LogP contribution in [0.15, 0.2) is 4.42 Å². The molecule has 0 aromatic carbocycles. The summed E-state index contributed by atoms with van der Waals surface area (Å²) in [5, 5.41) is 3.57. The molecule has 5 nitrogen and oxygen atoms in total. The maximum absolute atomic E-state index is 12.4. The Bertz CT molecular complexity index is 469. The summed E-state index contributed by atoms with van der Waals surface area (Å²) < 4.78 is 5.43. The summed E-state index contributed by atoms with van der Waals surface area (Å²) in [5.41, 5.74) is 0.694. The third-order valence-corrected chi connectivity index (χ3v) is 3.91. The summed E-state index contributed by atoms with van der Waals surface area (Å²) in [7, 11) is 0. The third-order valence-electron chi connectivity index (χ3n) is 3.91. The second-order valence-corrected chi connectivity index (χ2v) is 5.33. The topological polar surface area (TPSA) is 58.4 Å². The molecule has 98 valence electrons. The molecular formula is C13H19N3O2. The number of oxazole rings is 1. The third kappa shape index (κ3) is 2.03. The van der Waals surface area contributed by atoms with E-state index >= 15 is 0 Å². The molecule has 18 heavy (non-hydrogen) atoms. The van der Waals surface area contributed by atoms with Crippen molar-refractivity contribution < 1.29 is 9.21 Å². The summed E-state index contributed by atoms with van der Waals surface area (Å²) in [6.45, 7) is 5.20. The fraction of sp³-hybridized carbons (Fsp3) is 0.692. The van der Waals surface area contributed by atoms with Gasteiger partial charge in [0.2, 0.25) is 5.76 Å². The zero-order chi connectivity index (χ0) is 12.7. The van der Waals surface area contributed by atoms with Gasteiger partial charge < -0.3 is 14.6 Å². The smallest absolute Gasteiger partial charge is 0.291 e. The number of nitrogens with zero attached hydrogens (tertiary/aromatic N) is 2. The first kappa shape index (κ1) is 11.7. The predicted molar refractivity (Wildman–Crippen MR) is 66.4 cm³/mol. The molecule has 5 heteroatoms. The molecule has 0 radical (unpaired) electrons. The van der Waals surface area contributed by atoms with Crippen LogP contribution < -0.4 is 5.32 Å². The molecule has 2 unspecified atom stereocenters. The number of carbonyl (C=O) groups excluding carboxylic acids is 1. The summed E-state index contributed by atoms with van der Waals surface area (Å²) in [6, 6.07) is 1.04. The van der Waals surface area contributed by atoms with E-state index in [1.165, 1.54) is 12.8 Å². The number of aromatic nitrogens is 1. The Balaban J connectivity index is 1.78. The summed E-state index contributed by atoms with van der Waals surface area (Å²) >= 11 is 0. The van der Waals surface area contributed by atoms with Crippen molar-refractivity contribution in [3.63, 3.8) is 0 Å². The number of nitrogens with one attached hydrogen (secondary N) is 1. The average molecular weight is 249 g/mol. The van der Waals surface area contributed by atoms with Crippen molar-refractivity contribution in [2.24, 2.45) is 0 Å². The maximum atomic E-state index is 12.4. The molecule has 2 aliphatic heterocycles. The van der Waals surface area contributed by atoms with Crippen molar-refractivity contribution in [2.75, 3.05) is 13.1 Å². The highest BCUT2D eigenvalue weighted by atomic mass is 16.4. The van der Waals surface area contributed by atoms with Gasteiger partial charge in [-0.1, -0.05) is 0 Å². The Labute approximate surface area is 107 Å². The molecule has 0 aliphatic carbocycles. The molecule has 0 spiro atoms. The fourth-order valence-electron chi connectivity index (χ4n) is 3.00. The van der Waals surface area contributed by atoms with Gasteiger partial charge in [-0.25, -0.2) is 4.98 Å². The number of hydrogen-bond acceptors (Lipinski definition) is 4. The van der Waals surface area contributed by atoms with E-state index in [1.807, 2.05) is 11.8 Å². The molecule has 3 rings (SSSR count). The highest BCUT2D eigenvalue weighted by Gasteiger charge is 2.33. The van der Waals surface area contributed by atoms with Crippen molar-refractivity contribution in [3.8, 4) is 0 Å². The minimum Gasteiger partial charge on any atom is -0.436 e. The van der Waals surface area contributed by atoms with Gasteiger partial charge in [0, 0.05) is 32.1 Å². The van der Waals surface area contributed by atoms with E-state index in [2.05, 4.69) is 10.3 Å². The van der Waals surface area contributed by atoms with Gasteiger partial charge >= 0.3 is 0 Å². The van der Waals surface area contributed by atoms with E-state index in [0.29, 0.717) is 29.4 Å². The van der Waals surface area contributed by atoms with Crippen LogP contribution in [-0.4, -0.2) is 41.0 Å². The highest BCUT2D eigenvalue weighted by Crippen LogP contribution is 2.22. The first-order valence-corrected chi connectivity index (χ1v) is 6.63. The Morgan fingerprint density at radius 1 is 1.33 bits per heavy atom. The maximum Gasteiger partial charge on any atom is 0.291 e. The van der Waals surface area contributed by atoms with Gasteiger partial charge in [-0.3, -0.25) is 4.79 Å². The van der Waals surface area contributed by atoms with Crippen molar-refractivity contribution in [1.82, 2.24) is 15.2 Å². The van der Waals surface area contributed by atoms with Crippen LogP contribution in [0.1, 0.15) is 41.4 Å². The molecule has 1 aromatic rings. The van der Waals surface area contributed by atoms with Crippen LogP contribution in [0.5, 0.6) is 0 Å². The number of rotatable bonds is 1. The van der Waals surface area contributed by atoms with Crippen LogP contribution in [0.3, 0.4) is 0 Å². The molecule has 2 fully saturated rings. The van der Waals surface area contributed by atoms with E-state index in [9.17, 15) is 4.79 Å². The number of fused-ring (bicyclic) bond motifs is 2. The number of likely N-dealkylation sites (tertiary alicyclic amines) is 1. The van der Waals surface area contributed by atoms with Crippen molar-refractivity contribution in [1.29, 1.82) is 0 Å². The standard InChI is InChI=1S/C13H19N3O2/c1-8-12(18-9(2)14-8)13(17)16-6-5-10-3-4-11(7-16)15-10/h10-11,15H,3-7H2,1-2H3. The van der Waals surface area contributed by atoms with Crippen LogP contribution >= 0.6 is 0 Å². The first-order chi connectivity index (χ1) is 8.63. The number of aryl methyl sites for hydroxylation is 2. The summed E-state index contributed by atoms with van der Waals surface area (Å²) in [6.07, 6.45) is 3.45. The molecule has 1 amide bonds. The molecule has 3 heterocycles. The predicted octanol–water partition coefficient (Wildman–Crippen LogP) is 1.26. The average Bonchev–Trinajstić information content (AvgIpc) is 2.81. The van der Waals surface area contributed by atoms with E-state index in [-0.39, 0.29) is 5.91 Å². The SMILES string of the molecule is Cc1nc(C)c(C(=O)N2CCC3CCC(C2)N3)o1. The van der Waals surface area contributed by atoms with Gasteiger partial charge in [-0.05, 0) is 26.2 Å². The molecule has 2 aliphatic rings. The van der Waals surface area contributed by atoms with E-state index < -0.39 is 0 Å². The first-order valence-electron chi connectivity index (χ1n) is 6.63. The van der Waals surface area contributed by atoms with Gasteiger partial charge in [-0.2, -0.15) is 0 Å². The van der Waals surface area contributed by atoms with E-state index in [4.69, 9.17) is 4.42 Å². The fourth-order valence-corrected chi connectivity index (χ4v) is 3.00. The monoisotopic (exact) mass is 249 g/mol. The summed E-state index contributed by atoms with van der Waals surface area (Å²) in [4.78, 5) is 18.5. The number of hydrogen-bond donors (Lipinski definition) is 1. The van der Waals surface area contributed by atoms with Gasteiger partial charge in [0.15, 0.2) is 5.89 Å². The van der Waals surface area contributed by atoms with Crippen LogP contribution in [0, 0.1) is 13.8 Å². The number of amides is 1. The molecule has 0 saturated carbocycles. The molecular weight excluding hydrogens is 230 g/mol. The largest absolute Gasteiger partial charge is 0.436 e. The van der Waals surface area contributed by atoms with Crippen molar-refractivity contribution in [3.05, 3.63) is 17.3 Å². The molecule has 2 atom stereocenters. The molecule has 2 saturated heterocycles. The van der Waals surface area contributed by atoms with Gasteiger partial charge in [-0.15, -0.1) is 0 Å². The lowest BCUT2D eigenvalue weighted by Gasteiger charge is -2.23. The van der Waals surface area contributed by atoms with Gasteiger partial charge in [0.25, 0.3) is 5.91 Å². The van der Waals surface area contributed by atoms with Crippen LogP contribution in [-0.2, 0) is 0 Å². The second-order valence-electron chi connectivity index (χ2n) is 5.33. The van der Waals surface area contributed by atoms with Gasteiger partial charge in [0.05, 0.1) is 5.69 Å². The van der Waals surface area contributed by atoms with Gasteiger partial charge in [0.1, 0.15) is 0 Å². The zero-order valence-electron chi connectivity index (χ0n) is 10.9. The normalized spacial score (nSPS) is 27.3. The molecule has 2 bridgehead atoms. The van der Waals surface area contributed by atoms with Crippen LogP contribution in [0.4, 0.5) is 0 Å². The van der Waals surface area contributed by atoms with Crippen molar-refractivity contribution >= 4 is 5.91 Å². The summed E-state index contributed by atoms with van der Waals surface area (Å²) in [5.74, 6) is 0.957. The second kappa shape index (κ2) is 4.39. The Morgan fingerprint density at radius 3 is 2.83 bits per heavy atom. The number of carbonyl (C=O) groups is 1. The lowest BCUT2D eigenvalue weighted by atomic mass is 10.1. The van der Waals surface area contributed by atoms with E-state index in [0.717, 1.165) is 19.5 Å². The quantitative estimate of drug-likeness (QED) is 0.814. The van der Waals surface area contributed by atoms with Crippen molar-refractivity contribution in [2.45, 2.75) is 45.2 Å². The Kier molecular flexibility index (Phi) is 2.86. The molecule has 1 N–H and O–H groups in total. The highest BCUT2D eigenvalue weighted by molar-refractivity contribution is 5.92. The minimum atomic E-state index is -0.0116. The lowest BCUT2D eigenvalue weighted by molar-refractivity contribution is 0.0713.